The van der Waals surface area contributed by atoms with Crippen molar-refractivity contribution in [3.05, 3.63) is 22.8 Å². The highest BCUT2D eigenvalue weighted by Crippen LogP contribution is 2.35. The van der Waals surface area contributed by atoms with Crippen molar-refractivity contribution in [2.45, 2.75) is 45.7 Å². The molecule has 134 valence electrons. The molecule has 0 radical (unpaired) electrons. The molecule has 0 bridgehead atoms. The van der Waals surface area contributed by atoms with E-state index in [-0.39, 0.29) is 23.7 Å². The fourth-order valence-electron chi connectivity index (χ4n) is 2.91. The van der Waals surface area contributed by atoms with Crippen molar-refractivity contribution in [3.63, 3.8) is 0 Å². The number of hydrogen-bond donors (Lipinski definition) is 2. The van der Waals surface area contributed by atoms with E-state index in [0.29, 0.717) is 31.6 Å². The van der Waals surface area contributed by atoms with Gasteiger partial charge in [-0.15, -0.1) is 0 Å². The molecule has 1 aromatic rings. The Morgan fingerprint density at radius 2 is 2.00 bits per heavy atom. The van der Waals surface area contributed by atoms with Crippen molar-refractivity contribution in [2.75, 3.05) is 19.6 Å². The molecular formula is C16H23F3N4O. The molecule has 8 heteroatoms. The summed E-state index contributed by atoms with van der Waals surface area (Å²) in [7, 11) is 0. The average molecular weight is 344 g/mol. The van der Waals surface area contributed by atoms with Crippen LogP contribution in [0.5, 0.6) is 0 Å². The van der Waals surface area contributed by atoms with Crippen molar-refractivity contribution >= 4 is 5.91 Å². The first kappa shape index (κ1) is 18.6. The average Bonchev–Trinajstić information content (AvgIpc) is 2.52. The van der Waals surface area contributed by atoms with Crippen molar-refractivity contribution in [1.29, 1.82) is 0 Å². The summed E-state index contributed by atoms with van der Waals surface area (Å²) in [6.45, 7) is 5.50. The quantitative estimate of drug-likeness (QED) is 0.775. The first-order valence-electron chi connectivity index (χ1n) is 8.25. The van der Waals surface area contributed by atoms with E-state index in [1.807, 2.05) is 6.92 Å². The molecule has 2 N–H and O–H groups in total. The summed E-state index contributed by atoms with van der Waals surface area (Å²) >= 11 is 0. The smallest absolute Gasteiger partial charge is 0.355 e. The molecule has 0 saturated carbocycles. The Kier molecular flexibility index (Phi) is 6.15. The molecule has 24 heavy (non-hydrogen) atoms. The van der Waals surface area contributed by atoms with Crippen LogP contribution in [0.1, 0.15) is 42.5 Å². The summed E-state index contributed by atoms with van der Waals surface area (Å²) in [6.07, 6.45) is -2.60. The monoisotopic (exact) mass is 344 g/mol. The standard InChI is InChI=1S/C16H23F3N4O/c1-3-6-20-7-8-21-15(24)11-4-5-13-12(9-11)14(16(17,18)19)23-10(2)22-13/h11,20H,3-9H2,1-2H3,(H,21,24). The molecule has 5 nitrogen and oxygen atoms in total. The topological polar surface area (TPSA) is 66.9 Å². The van der Waals surface area contributed by atoms with Crippen LogP contribution in [0.2, 0.25) is 0 Å². The van der Waals surface area contributed by atoms with Gasteiger partial charge in [0.2, 0.25) is 5.91 Å². The molecule has 1 aromatic heterocycles. The highest BCUT2D eigenvalue weighted by Gasteiger charge is 2.39. The predicted molar refractivity (Wildman–Crippen MR) is 83.5 cm³/mol. The maximum absolute atomic E-state index is 13.2. The van der Waals surface area contributed by atoms with E-state index in [1.54, 1.807) is 0 Å². The third-order valence-electron chi connectivity index (χ3n) is 4.05. The Hall–Kier alpha value is -1.70. The molecule has 1 amide bonds. The van der Waals surface area contributed by atoms with Gasteiger partial charge in [0.05, 0.1) is 0 Å². The number of nitrogens with zero attached hydrogens (tertiary/aromatic N) is 2. The molecule has 0 spiro atoms. The van der Waals surface area contributed by atoms with Crippen LogP contribution in [0.25, 0.3) is 0 Å². The highest BCUT2D eigenvalue weighted by molar-refractivity contribution is 5.79. The van der Waals surface area contributed by atoms with Crippen LogP contribution in [0, 0.1) is 12.8 Å². The normalized spacial score (nSPS) is 17.5. The zero-order valence-corrected chi connectivity index (χ0v) is 14.0. The minimum atomic E-state index is -4.53. The molecule has 1 heterocycles. The van der Waals surface area contributed by atoms with Crippen LogP contribution in [-0.2, 0) is 23.8 Å². The van der Waals surface area contributed by atoms with Crippen LogP contribution in [-0.4, -0.2) is 35.5 Å². The fraction of sp³-hybridized carbons (Fsp3) is 0.688. The summed E-state index contributed by atoms with van der Waals surface area (Å²) < 4.78 is 39.6. The Bertz CT molecular complexity index is 589. The van der Waals surface area contributed by atoms with Gasteiger partial charge in [-0.25, -0.2) is 9.97 Å². The minimum Gasteiger partial charge on any atom is -0.355 e. The SMILES string of the molecule is CCCNCCNC(=O)C1CCc2nc(C)nc(C(F)(F)F)c2C1. The molecular weight excluding hydrogens is 321 g/mol. The number of amides is 1. The number of aromatic nitrogens is 2. The van der Waals surface area contributed by atoms with Gasteiger partial charge in [0, 0.05) is 30.3 Å². The Morgan fingerprint density at radius 1 is 1.25 bits per heavy atom. The van der Waals surface area contributed by atoms with Crippen LogP contribution in [0.15, 0.2) is 0 Å². The number of carbonyl (C=O) groups is 1. The van der Waals surface area contributed by atoms with E-state index in [0.717, 1.165) is 13.0 Å². The molecule has 1 aliphatic carbocycles. The third-order valence-corrected chi connectivity index (χ3v) is 4.05. The number of hydrogen-bond acceptors (Lipinski definition) is 4. The zero-order chi connectivity index (χ0) is 17.7. The van der Waals surface area contributed by atoms with Gasteiger partial charge in [-0.3, -0.25) is 4.79 Å². The van der Waals surface area contributed by atoms with Gasteiger partial charge in [0.25, 0.3) is 0 Å². The fourth-order valence-corrected chi connectivity index (χ4v) is 2.91. The second-order valence-corrected chi connectivity index (χ2v) is 6.02. The van der Waals surface area contributed by atoms with Crippen LogP contribution < -0.4 is 10.6 Å². The Labute approximate surface area is 139 Å². The Morgan fingerprint density at radius 3 is 2.67 bits per heavy atom. The second kappa shape index (κ2) is 7.92. The summed E-state index contributed by atoms with van der Waals surface area (Å²) in [4.78, 5) is 19.9. The summed E-state index contributed by atoms with van der Waals surface area (Å²) in [6, 6.07) is 0. The minimum absolute atomic E-state index is 0.0404. The Balaban J connectivity index is 2.04. The van der Waals surface area contributed by atoms with E-state index in [4.69, 9.17) is 0 Å². The number of alkyl halides is 3. The number of rotatable bonds is 6. The van der Waals surface area contributed by atoms with Gasteiger partial charge >= 0.3 is 6.18 Å². The number of fused-ring (bicyclic) bond motifs is 1. The van der Waals surface area contributed by atoms with Crippen LogP contribution in [0.4, 0.5) is 13.2 Å². The maximum Gasteiger partial charge on any atom is 0.433 e. The molecule has 0 aliphatic heterocycles. The van der Waals surface area contributed by atoms with Crippen molar-refractivity contribution < 1.29 is 18.0 Å². The van der Waals surface area contributed by atoms with Crippen molar-refractivity contribution in [2.24, 2.45) is 5.92 Å². The first-order valence-corrected chi connectivity index (χ1v) is 8.25. The van der Waals surface area contributed by atoms with Crippen LogP contribution >= 0.6 is 0 Å². The van der Waals surface area contributed by atoms with Gasteiger partial charge in [-0.05, 0) is 39.2 Å². The lowest BCUT2D eigenvalue weighted by Gasteiger charge is -2.25. The molecule has 1 unspecified atom stereocenters. The second-order valence-electron chi connectivity index (χ2n) is 6.02. The van der Waals surface area contributed by atoms with Gasteiger partial charge in [-0.1, -0.05) is 6.92 Å². The highest BCUT2D eigenvalue weighted by atomic mass is 19.4. The zero-order valence-electron chi connectivity index (χ0n) is 14.0. The number of halogens is 3. The van der Waals surface area contributed by atoms with E-state index in [1.165, 1.54) is 6.92 Å². The number of carbonyl (C=O) groups excluding carboxylic acids is 1. The predicted octanol–water partition coefficient (Wildman–Crippen LogP) is 2.02. The summed E-state index contributed by atoms with van der Waals surface area (Å²) in [5.41, 5.74) is -0.404. The maximum atomic E-state index is 13.2. The van der Waals surface area contributed by atoms with Crippen molar-refractivity contribution in [3.8, 4) is 0 Å². The van der Waals surface area contributed by atoms with Gasteiger partial charge in [-0.2, -0.15) is 13.2 Å². The lowest BCUT2D eigenvalue weighted by molar-refractivity contribution is -0.142. The largest absolute Gasteiger partial charge is 0.433 e. The molecule has 0 saturated heterocycles. The van der Waals surface area contributed by atoms with Crippen LogP contribution in [0.3, 0.4) is 0 Å². The molecule has 0 aromatic carbocycles. The van der Waals surface area contributed by atoms with Gasteiger partial charge in [0.15, 0.2) is 5.69 Å². The lowest BCUT2D eigenvalue weighted by Crippen LogP contribution is -2.38. The van der Waals surface area contributed by atoms with Crippen molar-refractivity contribution in [1.82, 2.24) is 20.6 Å². The number of nitrogens with one attached hydrogen (secondary N) is 2. The molecule has 2 rings (SSSR count). The molecule has 0 fully saturated rings. The lowest BCUT2D eigenvalue weighted by atomic mass is 9.85. The summed E-state index contributed by atoms with van der Waals surface area (Å²) in [5, 5.41) is 5.95. The van der Waals surface area contributed by atoms with E-state index < -0.39 is 17.8 Å². The van der Waals surface area contributed by atoms with E-state index in [9.17, 15) is 18.0 Å². The van der Waals surface area contributed by atoms with Gasteiger partial charge in [0.1, 0.15) is 5.82 Å². The molecule has 1 atom stereocenters. The molecule has 1 aliphatic rings. The first-order chi connectivity index (χ1) is 11.3. The summed E-state index contributed by atoms with van der Waals surface area (Å²) in [5.74, 6) is -0.547. The number of aryl methyl sites for hydroxylation is 2. The third kappa shape index (κ3) is 4.66. The van der Waals surface area contributed by atoms with E-state index in [2.05, 4.69) is 20.6 Å². The van der Waals surface area contributed by atoms with Gasteiger partial charge < -0.3 is 10.6 Å². The van der Waals surface area contributed by atoms with E-state index >= 15 is 0 Å².